The summed E-state index contributed by atoms with van der Waals surface area (Å²) in [7, 11) is 1.35. The highest BCUT2D eigenvalue weighted by Gasteiger charge is 2.52. The summed E-state index contributed by atoms with van der Waals surface area (Å²) in [6.45, 7) is -0.518. The van der Waals surface area contributed by atoms with Gasteiger partial charge in [-0.1, -0.05) is 37.3 Å². The average molecular weight is 547 g/mol. The lowest BCUT2D eigenvalue weighted by Crippen LogP contribution is -2.65. The maximum absolute atomic E-state index is 11.1. The lowest BCUT2D eigenvalue weighted by Gasteiger charge is -2.46. The Kier molecular flexibility index (Phi) is 13.7. The zero-order valence-corrected chi connectivity index (χ0v) is 20.9. The van der Waals surface area contributed by atoms with Gasteiger partial charge in [0.25, 0.3) is 0 Å². The number of unbranched alkanes of at least 4 members (excludes halogenated alkanes) is 5. The molecule has 0 aromatic rings. The Morgan fingerprint density at radius 1 is 0.861 bits per heavy atom. The maximum atomic E-state index is 11.1. The van der Waals surface area contributed by atoms with Gasteiger partial charge in [-0.25, -0.2) is 0 Å². The van der Waals surface area contributed by atoms with Gasteiger partial charge in [-0.2, -0.15) is 0 Å². The highest BCUT2D eigenvalue weighted by atomic mass is 35.5. The van der Waals surface area contributed by atoms with Crippen LogP contribution in [0.15, 0.2) is 0 Å². The zero-order valence-electron chi connectivity index (χ0n) is 20.2. The van der Waals surface area contributed by atoms with Crippen LogP contribution in [0.25, 0.3) is 0 Å². The third-order valence-electron chi connectivity index (χ3n) is 6.28. The molecule has 2 aliphatic rings. The van der Waals surface area contributed by atoms with E-state index in [-0.39, 0.29) is 12.6 Å². The first-order valence-electron chi connectivity index (χ1n) is 12.1. The van der Waals surface area contributed by atoms with Crippen LogP contribution in [-0.2, 0) is 28.5 Å². The Balaban J connectivity index is 1.91. The van der Waals surface area contributed by atoms with E-state index < -0.39 is 73.6 Å². The summed E-state index contributed by atoms with van der Waals surface area (Å²) in [6.07, 6.45) is -10.2. The van der Waals surface area contributed by atoms with Crippen LogP contribution in [0.1, 0.15) is 44.9 Å². The molecule has 0 radical (unpaired) electrons. The van der Waals surface area contributed by atoms with Crippen molar-refractivity contribution in [3.63, 3.8) is 0 Å². The van der Waals surface area contributed by atoms with E-state index in [1.54, 1.807) is 0 Å². The van der Waals surface area contributed by atoms with Crippen LogP contribution in [0, 0.1) is 0 Å². The normalized spacial score (nSPS) is 38.0. The second-order valence-electron chi connectivity index (χ2n) is 8.94. The van der Waals surface area contributed by atoms with Crippen LogP contribution in [0.3, 0.4) is 0 Å². The van der Waals surface area contributed by atoms with E-state index in [1.165, 1.54) is 7.11 Å². The molecule has 212 valence electrons. The second-order valence-corrected chi connectivity index (χ2v) is 9.39. The number of ether oxygens (including phenoxy) is 5. The molecule has 13 nitrogen and oxygen atoms in total. The van der Waals surface area contributed by atoms with Crippen molar-refractivity contribution in [1.29, 1.82) is 0 Å². The molecule has 7 N–H and O–H groups in total. The molecule has 2 rings (SSSR count). The number of alkyl halides is 1. The monoisotopic (exact) mass is 546 g/mol. The molecule has 11 atom stereocenters. The smallest absolute Gasteiger partial charge is 0.305 e. The van der Waals surface area contributed by atoms with Gasteiger partial charge in [-0.15, -0.1) is 0 Å². The van der Waals surface area contributed by atoms with Gasteiger partial charge in [-0.3, -0.25) is 4.79 Å². The summed E-state index contributed by atoms with van der Waals surface area (Å²) in [6, 6.07) is 0. The predicted octanol–water partition coefficient (Wildman–Crippen LogP) is -1.90. The lowest BCUT2D eigenvalue weighted by atomic mass is 9.97. The van der Waals surface area contributed by atoms with Crippen LogP contribution in [0.5, 0.6) is 0 Å². The number of rotatable bonds is 14. The summed E-state index contributed by atoms with van der Waals surface area (Å²) < 4.78 is 26.7. The summed E-state index contributed by atoms with van der Waals surface area (Å²) in [4.78, 5) is 11.1. The highest BCUT2D eigenvalue weighted by Crippen LogP contribution is 2.31. The van der Waals surface area contributed by atoms with Crippen molar-refractivity contribution >= 4 is 17.6 Å². The second kappa shape index (κ2) is 15.7. The first-order valence-corrected chi connectivity index (χ1v) is 12.5. The third-order valence-corrected chi connectivity index (χ3v) is 6.53. The minimum Gasteiger partial charge on any atom is -0.469 e. The lowest BCUT2D eigenvalue weighted by molar-refractivity contribution is -0.368. The Morgan fingerprint density at radius 3 is 2.11 bits per heavy atom. The van der Waals surface area contributed by atoms with Crippen LogP contribution >= 0.6 is 11.6 Å². The van der Waals surface area contributed by atoms with E-state index >= 15 is 0 Å². The first kappa shape index (κ1) is 31.5. The molecule has 0 saturated carbocycles. The molecule has 2 fully saturated rings. The molecule has 36 heavy (non-hydrogen) atoms. The number of methoxy groups -OCH3 is 1. The number of halogens is 1. The number of hydrogen-bond acceptors (Lipinski definition) is 13. The topological polar surface area (TPSA) is 205 Å². The largest absolute Gasteiger partial charge is 0.469 e. The fourth-order valence-corrected chi connectivity index (χ4v) is 4.29. The molecule has 0 spiro atoms. The van der Waals surface area contributed by atoms with Crippen LogP contribution < -0.4 is 0 Å². The summed E-state index contributed by atoms with van der Waals surface area (Å²) in [5.74, 6) is -0.232. The number of carbonyl (C=O) groups is 1. The predicted molar refractivity (Wildman–Crippen MR) is 121 cm³/mol. The Labute approximate surface area is 214 Å². The molecular weight excluding hydrogens is 508 g/mol. The minimum absolute atomic E-state index is 0.162. The molecule has 0 aromatic heterocycles. The Morgan fingerprint density at radius 2 is 1.50 bits per heavy atom. The number of hydrogen-bond donors (Lipinski definition) is 7. The highest BCUT2D eigenvalue weighted by molar-refractivity contribution is 6.19. The van der Waals surface area contributed by atoms with E-state index in [1.807, 2.05) is 0 Å². The molecule has 1 unspecified atom stereocenters. The molecule has 0 aromatic carbocycles. The first-order chi connectivity index (χ1) is 17.1. The molecule has 0 aliphatic carbocycles. The number of aliphatic hydroxyl groups is 7. The molecule has 14 heteroatoms. The molecule has 0 bridgehead atoms. The van der Waals surface area contributed by atoms with Crippen LogP contribution in [0.4, 0.5) is 0 Å². The molecule has 0 amide bonds. The van der Waals surface area contributed by atoms with E-state index in [0.29, 0.717) is 12.8 Å². The Bertz CT molecular complexity index is 639. The third kappa shape index (κ3) is 8.68. The Hall–Kier alpha value is -0.680. The van der Waals surface area contributed by atoms with Crippen molar-refractivity contribution in [1.82, 2.24) is 0 Å². The standard InChI is InChI=1S/C22H39ClO13/c1-32-12(25)8-6-4-2-3-5-7-9-33-22-19(16(29)15(28)18(35-22)20(23)31)36-21-17(30)14(27)13(26)11(10-24)34-21/h11,13-22,24,26-31H,2-10H2,1H3/t11-,13-,14+,15+,16+,17-,18+,19-,20?,21+,22+/m1/s1. The van der Waals surface area contributed by atoms with Crippen molar-refractivity contribution in [3.8, 4) is 0 Å². The molecule has 2 saturated heterocycles. The zero-order chi connectivity index (χ0) is 26.8. The molecular formula is C22H39ClO13. The van der Waals surface area contributed by atoms with Gasteiger partial charge in [0.05, 0.1) is 13.7 Å². The minimum atomic E-state index is -1.75. The van der Waals surface area contributed by atoms with Crippen molar-refractivity contribution < 1.29 is 64.2 Å². The van der Waals surface area contributed by atoms with Gasteiger partial charge >= 0.3 is 5.97 Å². The number of esters is 1. The van der Waals surface area contributed by atoms with Crippen LogP contribution in [0.2, 0.25) is 0 Å². The van der Waals surface area contributed by atoms with Crippen LogP contribution in [-0.4, -0.2) is 129 Å². The fraction of sp³-hybridized carbons (Fsp3) is 0.955. The van der Waals surface area contributed by atoms with E-state index in [2.05, 4.69) is 4.74 Å². The average Bonchev–Trinajstić information content (AvgIpc) is 2.86. The van der Waals surface area contributed by atoms with Gasteiger partial charge < -0.3 is 59.4 Å². The molecule has 2 heterocycles. The SMILES string of the molecule is COC(=O)CCCCCCCCO[C@H]1O[C@H](C(O)Cl)[C@@H](O)[C@H](O)[C@H]1O[C@@H]1O[C@H](CO)[C@@H](O)[C@H](O)[C@H]1O. The van der Waals surface area contributed by atoms with Crippen molar-refractivity contribution in [2.75, 3.05) is 20.3 Å². The van der Waals surface area contributed by atoms with Gasteiger partial charge in [0.1, 0.15) is 48.8 Å². The van der Waals surface area contributed by atoms with Gasteiger partial charge in [-0.05, 0) is 12.8 Å². The van der Waals surface area contributed by atoms with E-state index in [0.717, 1.165) is 32.1 Å². The summed E-state index contributed by atoms with van der Waals surface area (Å²) in [5.41, 5.74) is -1.67. The quantitative estimate of drug-likeness (QED) is 0.0722. The van der Waals surface area contributed by atoms with E-state index in [9.17, 15) is 40.5 Å². The van der Waals surface area contributed by atoms with Gasteiger partial charge in [0, 0.05) is 13.0 Å². The number of carbonyl (C=O) groups excluding carboxylic acids is 1. The van der Waals surface area contributed by atoms with Gasteiger partial charge in [0.2, 0.25) is 0 Å². The maximum Gasteiger partial charge on any atom is 0.305 e. The van der Waals surface area contributed by atoms with Crippen molar-refractivity contribution in [3.05, 3.63) is 0 Å². The van der Waals surface area contributed by atoms with E-state index in [4.69, 9.17) is 30.5 Å². The summed E-state index contributed by atoms with van der Waals surface area (Å²) >= 11 is 5.67. The fourth-order valence-electron chi connectivity index (χ4n) is 4.08. The van der Waals surface area contributed by atoms with Gasteiger partial charge in [0.15, 0.2) is 18.1 Å². The number of aliphatic hydroxyl groups excluding tert-OH is 7. The molecule has 2 aliphatic heterocycles. The summed E-state index contributed by atoms with van der Waals surface area (Å²) in [5, 5.41) is 70.2. The van der Waals surface area contributed by atoms with Crippen molar-refractivity contribution in [2.45, 2.75) is 112 Å². The van der Waals surface area contributed by atoms with Crippen molar-refractivity contribution in [2.24, 2.45) is 0 Å².